The third-order valence-corrected chi connectivity index (χ3v) is 4.31. The van der Waals surface area contributed by atoms with E-state index in [1.807, 2.05) is 42.5 Å². The van der Waals surface area contributed by atoms with Gasteiger partial charge in [0.2, 0.25) is 5.91 Å². The van der Waals surface area contributed by atoms with Gasteiger partial charge in [-0.25, -0.2) is 0 Å². The largest absolute Gasteiger partial charge is 0.396 e. The van der Waals surface area contributed by atoms with Crippen LogP contribution in [0.25, 0.3) is 10.8 Å². The second kappa shape index (κ2) is 8.23. The number of Topliss-reactive ketones (excluding diaryl/α,β-unsaturated/α-hetero) is 1. The van der Waals surface area contributed by atoms with Gasteiger partial charge < -0.3 is 15.5 Å². The molecule has 0 fully saturated rings. The van der Waals surface area contributed by atoms with Gasteiger partial charge in [0.25, 0.3) is 0 Å². The van der Waals surface area contributed by atoms with Crippen LogP contribution in [0.3, 0.4) is 0 Å². The van der Waals surface area contributed by atoms with E-state index in [0.717, 1.165) is 16.3 Å². The van der Waals surface area contributed by atoms with Gasteiger partial charge in [-0.3, -0.25) is 9.59 Å². The van der Waals surface area contributed by atoms with Gasteiger partial charge in [-0.2, -0.15) is 0 Å². The average molecular weight is 343 g/mol. The first-order valence-corrected chi connectivity index (χ1v) is 8.39. The summed E-state index contributed by atoms with van der Waals surface area (Å²) in [6.45, 7) is 3.07. The molecule has 1 atom stereocenters. The lowest BCUT2D eigenvalue weighted by Crippen LogP contribution is -2.46. The van der Waals surface area contributed by atoms with Crippen LogP contribution in [0.1, 0.15) is 25.8 Å². The second-order valence-corrected chi connectivity index (χ2v) is 6.99. The van der Waals surface area contributed by atoms with Crippen LogP contribution in [-0.4, -0.2) is 41.2 Å². The first kappa shape index (κ1) is 19.1. The summed E-state index contributed by atoms with van der Waals surface area (Å²) >= 11 is 0. The first-order valence-electron chi connectivity index (χ1n) is 8.39. The Labute approximate surface area is 147 Å². The molecule has 0 saturated heterocycles. The van der Waals surface area contributed by atoms with Gasteiger partial charge in [-0.15, -0.1) is 0 Å². The maximum atomic E-state index is 12.1. The summed E-state index contributed by atoms with van der Waals surface area (Å²) < 4.78 is 0. The summed E-state index contributed by atoms with van der Waals surface area (Å²) in [5.74, 6) is -0.552. The molecule has 3 N–H and O–H groups in total. The van der Waals surface area contributed by atoms with Gasteiger partial charge in [0, 0.05) is 24.8 Å². The third kappa shape index (κ3) is 5.11. The third-order valence-electron chi connectivity index (χ3n) is 4.31. The lowest BCUT2D eigenvalue weighted by molar-refractivity contribution is -0.137. The predicted molar refractivity (Wildman–Crippen MR) is 97.2 cm³/mol. The van der Waals surface area contributed by atoms with Gasteiger partial charge >= 0.3 is 0 Å². The topological polar surface area (TPSA) is 86.6 Å². The molecule has 0 aliphatic rings. The molecular formula is C20H25NO4. The Kier molecular flexibility index (Phi) is 6.28. The molecular weight excluding hydrogens is 318 g/mol. The molecule has 0 aromatic heterocycles. The van der Waals surface area contributed by atoms with Crippen LogP contribution >= 0.6 is 0 Å². The van der Waals surface area contributed by atoms with Crippen molar-refractivity contribution in [2.24, 2.45) is 5.41 Å². The molecule has 2 aromatic carbocycles. The zero-order chi connectivity index (χ0) is 18.4. The summed E-state index contributed by atoms with van der Waals surface area (Å²) in [5, 5.41) is 23.8. The number of nitrogens with one attached hydrogen (secondary N) is 1. The first-order chi connectivity index (χ1) is 11.8. The zero-order valence-corrected chi connectivity index (χ0v) is 14.7. The van der Waals surface area contributed by atoms with E-state index in [2.05, 4.69) is 5.32 Å². The van der Waals surface area contributed by atoms with Crippen LogP contribution in [-0.2, 0) is 16.0 Å². The summed E-state index contributed by atoms with van der Waals surface area (Å²) in [7, 11) is 0. The molecule has 0 saturated carbocycles. The van der Waals surface area contributed by atoms with Crippen molar-refractivity contribution in [3.8, 4) is 0 Å². The molecule has 0 heterocycles. The normalized spacial score (nSPS) is 12.8. The Morgan fingerprint density at radius 3 is 2.48 bits per heavy atom. The molecule has 0 radical (unpaired) electrons. The van der Waals surface area contributed by atoms with Crippen LogP contribution in [0.4, 0.5) is 0 Å². The highest BCUT2D eigenvalue weighted by Crippen LogP contribution is 2.19. The Bertz CT molecular complexity index is 754. The maximum absolute atomic E-state index is 12.1. The molecule has 25 heavy (non-hydrogen) atoms. The molecule has 0 unspecified atom stereocenters. The fourth-order valence-electron chi connectivity index (χ4n) is 2.53. The van der Waals surface area contributed by atoms with E-state index in [-0.39, 0.29) is 25.4 Å². The van der Waals surface area contributed by atoms with E-state index in [4.69, 9.17) is 0 Å². The maximum Gasteiger partial charge on any atom is 0.249 e. The number of hydrogen-bond acceptors (Lipinski definition) is 4. The Hall–Kier alpha value is -2.24. The van der Waals surface area contributed by atoms with E-state index in [1.54, 1.807) is 13.8 Å². The minimum absolute atomic E-state index is 0.0199. The number of ketones is 1. The lowest BCUT2D eigenvalue weighted by atomic mass is 9.87. The number of rotatable bonds is 8. The van der Waals surface area contributed by atoms with Crippen molar-refractivity contribution in [3.05, 3.63) is 48.0 Å². The minimum atomic E-state index is -1.31. The number of amides is 1. The van der Waals surface area contributed by atoms with Crippen molar-refractivity contribution >= 4 is 22.5 Å². The van der Waals surface area contributed by atoms with Gasteiger partial charge in [0.15, 0.2) is 0 Å². The number of aliphatic hydroxyl groups is 2. The minimum Gasteiger partial charge on any atom is -0.396 e. The SMILES string of the molecule is CC(C)(CO)[C@@H](O)C(=O)NCCC(=O)Cc1ccc2ccccc2c1. The van der Waals surface area contributed by atoms with Crippen LogP contribution in [0, 0.1) is 5.41 Å². The number of benzene rings is 2. The fraction of sp³-hybridized carbons (Fsp3) is 0.400. The van der Waals surface area contributed by atoms with E-state index in [0.29, 0.717) is 6.42 Å². The molecule has 0 aliphatic carbocycles. The van der Waals surface area contributed by atoms with Crippen molar-refractivity contribution < 1.29 is 19.8 Å². The van der Waals surface area contributed by atoms with Crippen molar-refractivity contribution in [2.45, 2.75) is 32.8 Å². The molecule has 2 aromatic rings. The van der Waals surface area contributed by atoms with Crippen LogP contribution in [0.5, 0.6) is 0 Å². The molecule has 134 valence electrons. The molecule has 1 amide bonds. The highest BCUT2D eigenvalue weighted by molar-refractivity contribution is 5.86. The fourth-order valence-corrected chi connectivity index (χ4v) is 2.53. The van der Waals surface area contributed by atoms with E-state index in [1.165, 1.54) is 0 Å². The van der Waals surface area contributed by atoms with Crippen LogP contribution < -0.4 is 5.32 Å². The standard InChI is InChI=1S/C20H25NO4/c1-20(2,13-22)18(24)19(25)21-10-9-17(23)12-14-7-8-15-5-3-4-6-16(15)11-14/h3-8,11,18,22,24H,9-10,12-13H2,1-2H3,(H,21,25)/t18-/m0/s1. The molecule has 2 rings (SSSR count). The Balaban J connectivity index is 1.83. The van der Waals surface area contributed by atoms with Crippen molar-refractivity contribution in [2.75, 3.05) is 13.2 Å². The monoisotopic (exact) mass is 343 g/mol. The highest BCUT2D eigenvalue weighted by Gasteiger charge is 2.32. The van der Waals surface area contributed by atoms with Crippen molar-refractivity contribution in [1.29, 1.82) is 0 Å². The number of hydrogen-bond donors (Lipinski definition) is 3. The quantitative estimate of drug-likeness (QED) is 0.682. The van der Waals surface area contributed by atoms with E-state index in [9.17, 15) is 19.8 Å². The number of carbonyl (C=O) groups excluding carboxylic acids is 2. The van der Waals surface area contributed by atoms with Gasteiger partial charge in [-0.1, -0.05) is 56.3 Å². The predicted octanol–water partition coefficient (Wildman–Crippen LogP) is 1.84. The summed E-state index contributed by atoms with van der Waals surface area (Å²) in [5.41, 5.74) is 0.0237. The molecule has 0 spiro atoms. The average Bonchev–Trinajstić information content (AvgIpc) is 2.60. The van der Waals surface area contributed by atoms with Gasteiger partial charge in [-0.05, 0) is 16.3 Å². The number of fused-ring (bicyclic) bond motifs is 1. The smallest absolute Gasteiger partial charge is 0.249 e. The zero-order valence-electron chi connectivity index (χ0n) is 14.7. The van der Waals surface area contributed by atoms with Crippen LogP contribution in [0.15, 0.2) is 42.5 Å². The Morgan fingerprint density at radius 2 is 1.80 bits per heavy atom. The van der Waals surface area contributed by atoms with Crippen molar-refractivity contribution in [3.63, 3.8) is 0 Å². The van der Waals surface area contributed by atoms with Gasteiger partial charge in [0.05, 0.1) is 6.61 Å². The molecule has 5 nitrogen and oxygen atoms in total. The molecule has 0 aliphatic heterocycles. The lowest BCUT2D eigenvalue weighted by Gasteiger charge is -2.27. The van der Waals surface area contributed by atoms with Gasteiger partial charge in [0.1, 0.15) is 11.9 Å². The second-order valence-electron chi connectivity index (χ2n) is 6.99. The summed E-state index contributed by atoms with van der Waals surface area (Å²) in [6.07, 6.45) is -0.802. The van der Waals surface area contributed by atoms with Crippen molar-refractivity contribution in [1.82, 2.24) is 5.32 Å². The van der Waals surface area contributed by atoms with E-state index < -0.39 is 17.4 Å². The highest BCUT2D eigenvalue weighted by atomic mass is 16.3. The summed E-state index contributed by atoms with van der Waals surface area (Å²) in [4.78, 5) is 24.0. The number of carbonyl (C=O) groups is 2. The molecule has 5 heteroatoms. The number of aliphatic hydroxyl groups excluding tert-OH is 2. The van der Waals surface area contributed by atoms with Crippen LogP contribution in [0.2, 0.25) is 0 Å². The molecule has 0 bridgehead atoms. The summed E-state index contributed by atoms with van der Waals surface area (Å²) in [6, 6.07) is 13.9. The van der Waals surface area contributed by atoms with E-state index >= 15 is 0 Å². The Morgan fingerprint density at radius 1 is 1.12 bits per heavy atom.